The van der Waals surface area contributed by atoms with E-state index in [2.05, 4.69) is 68.0 Å². The molecule has 0 spiro atoms. The lowest BCUT2D eigenvalue weighted by Crippen LogP contribution is -3.00. The number of hydrogen-bond donors (Lipinski definition) is 2. The number of nitrogens with two attached hydrogens (primary N) is 2. The number of rotatable bonds is 6. The van der Waals surface area contributed by atoms with Crippen LogP contribution < -0.4 is 40.0 Å². The van der Waals surface area contributed by atoms with Crippen molar-refractivity contribution in [2.24, 2.45) is 0 Å². The van der Waals surface area contributed by atoms with Gasteiger partial charge in [-0.25, -0.2) is 23.9 Å². The van der Waals surface area contributed by atoms with Crippen molar-refractivity contribution in [2.45, 2.75) is 33.5 Å². The summed E-state index contributed by atoms with van der Waals surface area (Å²) in [4.78, 5) is 20.4. The fourth-order valence-corrected chi connectivity index (χ4v) is 4.44. The third-order valence-corrected chi connectivity index (χ3v) is 6.06. The first-order valence-corrected chi connectivity index (χ1v) is 11.1. The van der Waals surface area contributed by atoms with E-state index in [9.17, 15) is 4.79 Å². The number of halogens is 2. The molecule has 4 aromatic rings. The Morgan fingerprint density at radius 2 is 1.97 bits per heavy atom. The summed E-state index contributed by atoms with van der Waals surface area (Å²) in [6, 6.07) is 8.48. The number of anilines is 2. The number of imidazole rings is 1. The summed E-state index contributed by atoms with van der Waals surface area (Å²) in [5, 5.41) is 4.10. The second kappa shape index (κ2) is 10.0. The topological polar surface area (TPSA) is 113 Å². The molecule has 11 heteroatoms. The molecule has 0 atom stereocenters. The van der Waals surface area contributed by atoms with Gasteiger partial charge in [0.05, 0.1) is 13.1 Å². The normalized spacial score (nSPS) is 10.8. The predicted octanol–water partition coefficient (Wildman–Crippen LogP) is 0.666. The van der Waals surface area contributed by atoms with Crippen LogP contribution in [0.1, 0.15) is 30.2 Å². The van der Waals surface area contributed by atoms with Crippen molar-refractivity contribution in [2.75, 3.05) is 11.5 Å². The molecule has 0 unspecified atom stereocenters. The lowest BCUT2D eigenvalue weighted by Gasteiger charge is -2.07. The summed E-state index contributed by atoms with van der Waals surface area (Å²) in [6.45, 7) is 5.61. The molecular formula is C21H22ClIN6O2S. The molecule has 0 fully saturated rings. The van der Waals surface area contributed by atoms with E-state index in [1.807, 2.05) is 0 Å². The number of carbonyl (C=O) groups is 1. The summed E-state index contributed by atoms with van der Waals surface area (Å²) in [5.74, 6) is 0.00380. The number of benzene rings is 1. The van der Waals surface area contributed by atoms with Crippen molar-refractivity contribution in [3.63, 3.8) is 0 Å². The third kappa shape index (κ3) is 4.39. The Hall–Kier alpha value is -2.44. The number of hydrogen-bond acceptors (Lipinski definition) is 7. The molecule has 1 aromatic carbocycles. The van der Waals surface area contributed by atoms with Crippen molar-refractivity contribution >= 4 is 51.6 Å². The van der Waals surface area contributed by atoms with Gasteiger partial charge < -0.3 is 40.2 Å². The van der Waals surface area contributed by atoms with Crippen LogP contribution in [-0.4, -0.2) is 20.5 Å². The SMILES string of the molecule is CCn1c(COC(=O)c2nc(Cl)c(N)nc2N)[n+](CC)c2ccc(-c3ccsc3)cc21.[I-]. The molecule has 0 aliphatic heterocycles. The minimum Gasteiger partial charge on any atom is -1.00 e. The number of aryl methyl sites for hydroxylation is 2. The number of nitrogens with zero attached hydrogens (tertiary/aromatic N) is 4. The number of aromatic nitrogens is 4. The van der Waals surface area contributed by atoms with E-state index in [0.29, 0.717) is 0 Å². The second-order valence-electron chi connectivity index (χ2n) is 6.83. The molecule has 0 bridgehead atoms. The minimum absolute atomic E-state index is 0. The third-order valence-electron chi connectivity index (χ3n) is 5.10. The fourth-order valence-electron chi connectivity index (χ4n) is 3.65. The molecule has 4 N–H and O–H groups in total. The van der Waals surface area contributed by atoms with Crippen LogP contribution in [0, 0.1) is 0 Å². The zero-order valence-electron chi connectivity index (χ0n) is 17.5. The van der Waals surface area contributed by atoms with Gasteiger partial charge in [-0.3, -0.25) is 0 Å². The van der Waals surface area contributed by atoms with E-state index in [4.69, 9.17) is 27.8 Å². The minimum atomic E-state index is -0.707. The highest BCUT2D eigenvalue weighted by Gasteiger charge is 2.26. The predicted molar refractivity (Wildman–Crippen MR) is 122 cm³/mol. The monoisotopic (exact) mass is 584 g/mol. The van der Waals surface area contributed by atoms with Crippen molar-refractivity contribution in [3.05, 3.63) is 51.7 Å². The molecule has 4 rings (SSSR count). The first-order valence-electron chi connectivity index (χ1n) is 9.77. The van der Waals surface area contributed by atoms with Crippen molar-refractivity contribution in [3.8, 4) is 11.1 Å². The quantitative estimate of drug-likeness (QED) is 0.196. The van der Waals surface area contributed by atoms with Crippen LogP contribution in [0.4, 0.5) is 11.6 Å². The molecule has 8 nitrogen and oxygen atoms in total. The van der Waals surface area contributed by atoms with Crippen LogP contribution in [0.2, 0.25) is 5.15 Å². The van der Waals surface area contributed by atoms with Gasteiger partial charge in [-0.1, -0.05) is 11.6 Å². The van der Waals surface area contributed by atoms with Gasteiger partial charge >= 0.3 is 5.97 Å². The Bertz CT molecular complexity index is 1280. The zero-order chi connectivity index (χ0) is 22.1. The molecule has 0 aliphatic carbocycles. The summed E-state index contributed by atoms with van der Waals surface area (Å²) in [6.07, 6.45) is 0. The number of esters is 1. The number of ether oxygens (including phenoxy) is 1. The molecule has 0 saturated heterocycles. The van der Waals surface area contributed by atoms with Crippen LogP contribution >= 0.6 is 22.9 Å². The molecule has 3 heterocycles. The average molecular weight is 585 g/mol. The van der Waals surface area contributed by atoms with E-state index in [0.717, 1.165) is 35.5 Å². The molecule has 168 valence electrons. The highest BCUT2D eigenvalue weighted by Crippen LogP contribution is 2.27. The van der Waals surface area contributed by atoms with Gasteiger partial charge in [-0.2, -0.15) is 11.3 Å². The Labute approximate surface area is 211 Å². The highest BCUT2D eigenvalue weighted by molar-refractivity contribution is 7.08. The van der Waals surface area contributed by atoms with Crippen LogP contribution in [0.25, 0.3) is 22.2 Å². The molecule has 0 amide bonds. The summed E-state index contributed by atoms with van der Waals surface area (Å²) in [7, 11) is 0. The summed E-state index contributed by atoms with van der Waals surface area (Å²) >= 11 is 7.55. The largest absolute Gasteiger partial charge is 1.00 e. The summed E-state index contributed by atoms with van der Waals surface area (Å²) in [5.41, 5.74) is 15.7. The van der Waals surface area contributed by atoms with Crippen LogP contribution in [0.5, 0.6) is 0 Å². The molecular weight excluding hydrogens is 563 g/mol. The van der Waals surface area contributed by atoms with E-state index < -0.39 is 5.97 Å². The first kappa shape index (κ1) is 24.2. The van der Waals surface area contributed by atoms with E-state index in [1.54, 1.807) is 11.3 Å². The Balaban J connectivity index is 0.00000289. The standard InChI is InChI=1S/C21H21ClN6O2S.HI/c1-3-27-14-6-5-12(13-7-8-31-11-13)9-15(14)28(4-2)16(27)10-30-21(29)17-19(23)26-20(24)18(22)25-17;/h5-9,11H,3-4,10H2,1-2H3,(H3-,23,24,26,29);1H. The van der Waals surface area contributed by atoms with E-state index in [-0.39, 0.29) is 53.1 Å². The Morgan fingerprint density at radius 3 is 2.62 bits per heavy atom. The smallest absolute Gasteiger partial charge is 0.361 e. The zero-order valence-corrected chi connectivity index (χ0v) is 21.2. The average Bonchev–Trinajstić information content (AvgIpc) is 3.39. The number of nitrogen functional groups attached to an aromatic ring is 2. The molecule has 0 radical (unpaired) electrons. The van der Waals surface area contributed by atoms with Crippen LogP contribution in [0.3, 0.4) is 0 Å². The van der Waals surface area contributed by atoms with Gasteiger partial charge in [0.25, 0.3) is 5.82 Å². The van der Waals surface area contributed by atoms with Gasteiger partial charge in [0, 0.05) is 0 Å². The van der Waals surface area contributed by atoms with Gasteiger partial charge in [-0.15, -0.1) is 0 Å². The van der Waals surface area contributed by atoms with Gasteiger partial charge in [-0.05, 0) is 60.0 Å². The van der Waals surface area contributed by atoms with Crippen LogP contribution in [0.15, 0.2) is 35.0 Å². The maximum Gasteiger partial charge on any atom is 0.361 e. The lowest BCUT2D eigenvalue weighted by molar-refractivity contribution is -0.678. The molecule has 3 aromatic heterocycles. The lowest BCUT2D eigenvalue weighted by atomic mass is 10.1. The van der Waals surface area contributed by atoms with Gasteiger partial charge in [0.15, 0.2) is 40.1 Å². The highest BCUT2D eigenvalue weighted by atomic mass is 127. The van der Waals surface area contributed by atoms with Crippen LogP contribution in [-0.2, 0) is 24.4 Å². The maximum atomic E-state index is 12.6. The van der Waals surface area contributed by atoms with Crippen molar-refractivity contribution < 1.29 is 38.1 Å². The molecule has 32 heavy (non-hydrogen) atoms. The second-order valence-corrected chi connectivity index (χ2v) is 7.97. The number of carbonyl (C=O) groups excluding carboxylic acids is 1. The number of fused-ring (bicyclic) bond motifs is 1. The van der Waals surface area contributed by atoms with Crippen molar-refractivity contribution in [1.29, 1.82) is 0 Å². The van der Waals surface area contributed by atoms with Crippen molar-refractivity contribution in [1.82, 2.24) is 14.5 Å². The fraction of sp³-hybridized carbons (Fsp3) is 0.238. The van der Waals surface area contributed by atoms with E-state index in [1.165, 1.54) is 5.56 Å². The summed E-state index contributed by atoms with van der Waals surface area (Å²) < 4.78 is 9.83. The first-order chi connectivity index (χ1) is 14.9. The Morgan fingerprint density at radius 1 is 1.19 bits per heavy atom. The van der Waals surface area contributed by atoms with Gasteiger partial charge in [0.1, 0.15) is 0 Å². The Kier molecular flexibility index (Phi) is 7.57. The molecule has 0 aliphatic rings. The molecule has 0 saturated carbocycles. The van der Waals surface area contributed by atoms with E-state index >= 15 is 0 Å². The van der Waals surface area contributed by atoms with Gasteiger partial charge in [0.2, 0.25) is 0 Å². The maximum absolute atomic E-state index is 12.6. The number of thiophene rings is 1.